The van der Waals surface area contributed by atoms with Crippen molar-refractivity contribution in [1.29, 1.82) is 0 Å². The molecule has 3 aromatic heterocycles. The molecule has 5 rings (SSSR count). The molecule has 11 heteroatoms. The lowest BCUT2D eigenvalue weighted by molar-refractivity contribution is 0.137. The summed E-state index contributed by atoms with van der Waals surface area (Å²) in [4.78, 5) is 18.0. The maximum atomic E-state index is 12.9. The monoisotopic (exact) mass is 472 g/mol. The number of nitrogens with zero attached hydrogens (tertiary/aromatic N) is 3. The summed E-state index contributed by atoms with van der Waals surface area (Å²) >= 11 is 1.22. The number of hydrogen-bond donors (Lipinski definition) is 3. The van der Waals surface area contributed by atoms with Crippen molar-refractivity contribution in [2.75, 3.05) is 0 Å². The lowest BCUT2D eigenvalue weighted by Crippen LogP contribution is -2.27. The van der Waals surface area contributed by atoms with E-state index < -0.39 is 16.2 Å². The molecule has 0 amide bonds. The Kier molecular flexibility index (Phi) is 5.96. The molecule has 1 aromatic carbocycles. The quantitative estimate of drug-likeness (QED) is 0.403. The van der Waals surface area contributed by atoms with Gasteiger partial charge < -0.3 is 10.2 Å². The predicted octanol–water partition coefficient (Wildman–Crippen LogP) is 3.76. The molecule has 0 radical (unpaired) electrons. The fourth-order valence-electron chi connectivity index (χ4n) is 3.62. The highest BCUT2D eigenvalue weighted by Crippen LogP contribution is 2.48. The molecular formula is C21H20N4O5S2. The normalized spacial score (nSPS) is 19.8. The maximum Gasteiger partial charge on any atom is 0.503 e. The Morgan fingerprint density at radius 1 is 1.12 bits per heavy atom. The van der Waals surface area contributed by atoms with Crippen molar-refractivity contribution >= 4 is 33.3 Å². The summed E-state index contributed by atoms with van der Waals surface area (Å²) in [6.45, 7) is 2.08. The molecule has 3 atom stereocenters. The zero-order valence-corrected chi connectivity index (χ0v) is 18.5. The van der Waals surface area contributed by atoms with Crippen LogP contribution in [-0.2, 0) is 10.0 Å². The van der Waals surface area contributed by atoms with E-state index in [1.165, 1.54) is 16.9 Å². The summed E-state index contributed by atoms with van der Waals surface area (Å²) in [5.74, 6) is 1.09. The Morgan fingerprint density at radius 2 is 1.84 bits per heavy atom. The van der Waals surface area contributed by atoms with E-state index in [1.807, 2.05) is 41.1 Å². The Hall–Kier alpha value is -3.28. The average Bonchev–Trinajstić information content (AvgIpc) is 3.15. The topological polar surface area (TPSA) is 134 Å². The zero-order valence-electron chi connectivity index (χ0n) is 16.9. The Bertz CT molecular complexity index is 1310. The van der Waals surface area contributed by atoms with Crippen LogP contribution in [0.25, 0.3) is 16.3 Å². The molecular weight excluding hydrogens is 452 g/mol. The molecule has 0 aliphatic heterocycles. The van der Waals surface area contributed by atoms with E-state index in [0.717, 1.165) is 4.88 Å². The van der Waals surface area contributed by atoms with Crippen LogP contribution in [0.4, 0.5) is 4.79 Å². The molecule has 0 saturated heterocycles. The number of aromatic nitrogens is 3. The third-order valence-corrected chi connectivity index (χ3v) is 8.25. The van der Waals surface area contributed by atoms with E-state index in [-0.39, 0.29) is 17.9 Å². The van der Waals surface area contributed by atoms with Gasteiger partial charge in [-0.3, -0.25) is 4.40 Å². The van der Waals surface area contributed by atoms with Crippen LogP contribution in [0.15, 0.2) is 71.3 Å². The number of fused-ring (bicyclic) bond motifs is 1. The van der Waals surface area contributed by atoms with Gasteiger partial charge in [-0.1, -0.05) is 37.3 Å². The number of thiophene rings is 1. The van der Waals surface area contributed by atoms with Crippen molar-refractivity contribution in [2.24, 2.45) is 5.92 Å². The molecule has 3 heterocycles. The van der Waals surface area contributed by atoms with E-state index in [4.69, 9.17) is 15.0 Å². The predicted molar refractivity (Wildman–Crippen MR) is 119 cm³/mol. The van der Waals surface area contributed by atoms with Crippen molar-refractivity contribution in [1.82, 2.24) is 19.1 Å². The second-order valence-corrected chi connectivity index (χ2v) is 10.3. The number of sulfonamides is 1. The van der Waals surface area contributed by atoms with E-state index in [0.29, 0.717) is 15.7 Å². The van der Waals surface area contributed by atoms with Crippen molar-refractivity contribution in [3.05, 3.63) is 72.7 Å². The number of rotatable bonds is 5. The highest BCUT2D eigenvalue weighted by Gasteiger charge is 2.49. The first-order valence-corrected chi connectivity index (χ1v) is 12.0. The Morgan fingerprint density at radius 3 is 2.53 bits per heavy atom. The molecule has 1 fully saturated rings. The Labute approximate surface area is 188 Å². The Balaban J connectivity index is 0.000000567. The number of nitrogens with one attached hydrogen (secondary N) is 1. The van der Waals surface area contributed by atoms with E-state index >= 15 is 0 Å². The van der Waals surface area contributed by atoms with Gasteiger partial charge in [0.1, 0.15) is 9.90 Å². The molecule has 0 bridgehead atoms. The van der Waals surface area contributed by atoms with Crippen LogP contribution < -0.4 is 4.72 Å². The van der Waals surface area contributed by atoms with Gasteiger partial charge in [-0.05, 0) is 29.7 Å². The van der Waals surface area contributed by atoms with Gasteiger partial charge in [-0.25, -0.2) is 27.9 Å². The summed E-state index contributed by atoms with van der Waals surface area (Å²) < 4.78 is 30.8. The van der Waals surface area contributed by atoms with E-state index in [2.05, 4.69) is 33.7 Å². The highest BCUT2D eigenvalue weighted by atomic mass is 32.2. The maximum absolute atomic E-state index is 12.9. The minimum atomic E-state index is -3.57. The van der Waals surface area contributed by atoms with Crippen LogP contribution in [0.1, 0.15) is 18.4 Å². The van der Waals surface area contributed by atoms with E-state index in [1.54, 1.807) is 18.3 Å². The van der Waals surface area contributed by atoms with Crippen molar-refractivity contribution in [3.8, 4) is 10.6 Å². The third kappa shape index (κ3) is 4.64. The molecule has 3 N–H and O–H groups in total. The molecule has 4 aromatic rings. The van der Waals surface area contributed by atoms with Crippen LogP contribution in [-0.4, -0.2) is 45.2 Å². The number of carbonyl (C=O) groups is 1. The molecule has 0 unspecified atom stereocenters. The molecule has 9 nitrogen and oxygen atoms in total. The van der Waals surface area contributed by atoms with Gasteiger partial charge >= 0.3 is 6.16 Å². The van der Waals surface area contributed by atoms with Crippen LogP contribution in [0.5, 0.6) is 0 Å². The standard InChI is InChI=1S/C20H18N4O2S2.CH2O3/c1-13-18(14-6-3-2-4-7-14)19(13)23-28(25,26)17-9-8-16(27-17)15-12-24-11-5-10-21-20(24)22-15;2-1(3)4/h2-13,18-19,23H,1H3;(H2,2,3,4)/t13-,18-,19+;/m1./s1. The fourth-order valence-corrected chi connectivity index (χ4v) is 6.24. The second-order valence-electron chi connectivity index (χ2n) is 7.30. The average molecular weight is 473 g/mol. The van der Waals surface area contributed by atoms with Crippen molar-refractivity contribution in [3.63, 3.8) is 0 Å². The van der Waals surface area contributed by atoms with Gasteiger partial charge in [-0.2, -0.15) is 0 Å². The summed E-state index contributed by atoms with van der Waals surface area (Å²) in [5.41, 5.74) is 1.89. The smallest absolute Gasteiger partial charge is 0.450 e. The number of carboxylic acid groups (broad SMARTS) is 2. The fraction of sp³-hybridized carbons (Fsp3) is 0.190. The van der Waals surface area contributed by atoms with Crippen LogP contribution in [0.3, 0.4) is 0 Å². The van der Waals surface area contributed by atoms with Crippen molar-refractivity contribution in [2.45, 2.75) is 23.1 Å². The van der Waals surface area contributed by atoms with Gasteiger partial charge in [0, 0.05) is 30.6 Å². The molecule has 32 heavy (non-hydrogen) atoms. The lowest BCUT2D eigenvalue weighted by atomic mass is 10.1. The van der Waals surface area contributed by atoms with Gasteiger partial charge in [0.25, 0.3) is 0 Å². The van der Waals surface area contributed by atoms with Crippen LogP contribution in [0.2, 0.25) is 0 Å². The van der Waals surface area contributed by atoms with Crippen molar-refractivity contribution < 1.29 is 23.4 Å². The molecule has 1 saturated carbocycles. The second kappa shape index (κ2) is 8.69. The van der Waals surface area contributed by atoms with Crippen LogP contribution >= 0.6 is 11.3 Å². The number of benzene rings is 1. The first-order chi connectivity index (χ1) is 15.3. The highest BCUT2D eigenvalue weighted by molar-refractivity contribution is 7.91. The minimum Gasteiger partial charge on any atom is -0.450 e. The molecule has 1 aliphatic carbocycles. The van der Waals surface area contributed by atoms with Crippen LogP contribution in [0, 0.1) is 5.92 Å². The van der Waals surface area contributed by atoms with Gasteiger partial charge in [0.15, 0.2) is 0 Å². The SMILES string of the molecule is C[C@H]1[C@H](NS(=O)(=O)c2ccc(-c3cn4cccnc4n3)s2)[C@H]1c1ccccc1.O=C(O)O. The number of hydrogen-bond acceptors (Lipinski definition) is 6. The first kappa shape index (κ1) is 21.9. The summed E-state index contributed by atoms with van der Waals surface area (Å²) in [6.07, 6.45) is 3.57. The third-order valence-electron chi connectivity index (χ3n) is 5.19. The molecule has 0 spiro atoms. The van der Waals surface area contributed by atoms with E-state index in [9.17, 15) is 8.42 Å². The summed E-state index contributed by atoms with van der Waals surface area (Å²) in [5, 5.41) is 13.9. The van der Waals surface area contributed by atoms with Gasteiger partial charge in [0.05, 0.1) is 4.88 Å². The van der Waals surface area contributed by atoms with Gasteiger partial charge in [-0.15, -0.1) is 11.3 Å². The number of imidazole rings is 1. The summed E-state index contributed by atoms with van der Waals surface area (Å²) in [7, 11) is -3.57. The minimum absolute atomic E-state index is 0.0719. The lowest BCUT2D eigenvalue weighted by Gasteiger charge is -2.04. The summed E-state index contributed by atoms with van der Waals surface area (Å²) in [6, 6.07) is 15.2. The molecule has 166 valence electrons. The molecule has 1 aliphatic rings. The largest absolute Gasteiger partial charge is 0.503 e. The van der Waals surface area contributed by atoms with Gasteiger partial charge in [0.2, 0.25) is 15.8 Å². The zero-order chi connectivity index (χ0) is 22.9. The first-order valence-electron chi connectivity index (χ1n) is 9.65.